The highest BCUT2D eigenvalue weighted by Crippen LogP contribution is 2.07. The van der Waals surface area contributed by atoms with Crippen molar-refractivity contribution in [3.63, 3.8) is 0 Å². The van der Waals surface area contributed by atoms with Gasteiger partial charge in [0.1, 0.15) is 0 Å². The first kappa shape index (κ1) is 4.81. The lowest BCUT2D eigenvalue weighted by atomic mass is 10.2. The largest absolute Gasteiger partial charge is 0.389 e. The summed E-state index contributed by atoms with van der Waals surface area (Å²) in [6, 6.07) is -0.157. The lowest BCUT2D eigenvalue weighted by Crippen LogP contribution is -2.06. The zero-order valence-electron chi connectivity index (χ0n) is 3.96. The van der Waals surface area contributed by atoms with Crippen molar-refractivity contribution in [1.29, 1.82) is 0 Å². The van der Waals surface area contributed by atoms with Gasteiger partial charge in [-0.2, -0.15) is 0 Å². The number of aliphatic hydroxyl groups excluding tert-OH is 1. The fraction of sp³-hybridized carbons (Fsp3) is 0.600. The Morgan fingerprint density at radius 3 is 2.43 bits per heavy atom. The van der Waals surface area contributed by atoms with E-state index in [2.05, 4.69) is 0 Å². The van der Waals surface area contributed by atoms with E-state index in [0.29, 0.717) is 6.42 Å². The summed E-state index contributed by atoms with van der Waals surface area (Å²) in [5.74, 6) is 0. The molecule has 0 fully saturated rings. The van der Waals surface area contributed by atoms with Gasteiger partial charge in [0.25, 0.3) is 0 Å². The van der Waals surface area contributed by atoms with Crippen LogP contribution in [-0.2, 0) is 0 Å². The topological polar surface area (TPSA) is 44.0 Å². The summed E-state index contributed by atoms with van der Waals surface area (Å²) in [4.78, 5) is 0. The number of nitrogens with one attached hydrogen (secondary N) is 1. The summed E-state index contributed by atoms with van der Waals surface area (Å²) in [6.07, 6.45) is 3.62. The molecule has 2 heteroatoms. The summed E-state index contributed by atoms with van der Waals surface area (Å²) < 4.78 is 0. The Morgan fingerprint density at radius 2 is 2.29 bits per heavy atom. The van der Waals surface area contributed by atoms with Gasteiger partial charge in [0.15, 0.2) is 0 Å². The van der Waals surface area contributed by atoms with Crippen LogP contribution in [0.3, 0.4) is 0 Å². The molecule has 0 heterocycles. The average Bonchev–Trinajstić information content (AvgIpc) is 1.87. The molecule has 1 rings (SSSR count). The van der Waals surface area contributed by atoms with Crippen molar-refractivity contribution in [1.82, 2.24) is 5.73 Å². The van der Waals surface area contributed by atoms with Gasteiger partial charge in [0, 0.05) is 6.04 Å². The van der Waals surface area contributed by atoms with Gasteiger partial charge in [-0.1, -0.05) is 12.2 Å². The van der Waals surface area contributed by atoms with Gasteiger partial charge < -0.3 is 5.11 Å². The summed E-state index contributed by atoms with van der Waals surface area (Å²) in [6.45, 7) is 0. The molecule has 1 radical (unpaired) electrons. The van der Waals surface area contributed by atoms with Crippen molar-refractivity contribution in [3.8, 4) is 0 Å². The predicted octanol–water partition coefficient (Wildman–Crippen LogP) is -0.0413. The fourth-order valence-electron chi connectivity index (χ4n) is 0.680. The maximum atomic E-state index is 8.69. The highest BCUT2D eigenvalue weighted by atomic mass is 16.3. The Labute approximate surface area is 42.6 Å². The first-order valence-electron chi connectivity index (χ1n) is 2.36. The molecule has 0 saturated heterocycles. The molecular weight excluding hydrogens is 90.1 g/mol. The molecule has 0 aliphatic heterocycles. The van der Waals surface area contributed by atoms with Crippen LogP contribution in [0.4, 0.5) is 0 Å². The van der Waals surface area contributed by atoms with Gasteiger partial charge in [-0.25, -0.2) is 0 Å². The van der Waals surface area contributed by atoms with E-state index in [1.807, 2.05) is 0 Å². The zero-order valence-corrected chi connectivity index (χ0v) is 3.96. The minimum atomic E-state index is -0.345. The van der Waals surface area contributed by atoms with E-state index in [1.54, 1.807) is 12.2 Å². The van der Waals surface area contributed by atoms with E-state index >= 15 is 0 Å². The summed E-state index contributed by atoms with van der Waals surface area (Å²) in [5, 5.41) is 8.69. The van der Waals surface area contributed by atoms with Crippen molar-refractivity contribution < 1.29 is 5.11 Å². The molecule has 2 nitrogen and oxygen atoms in total. The van der Waals surface area contributed by atoms with E-state index in [0.717, 1.165) is 0 Å². The third-order valence-corrected chi connectivity index (χ3v) is 1.06. The van der Waals surface area contributed by atoms with E-state index in [9.17, 15) is 0 Å². The Balaban J connectivity index is 2.42. The van der Waals surface area contributed by atoms with Crippen molar-refractivity contribution in [3.05, 3.63) is 12.2 Å². The number of aliphatic hydroxyl groups is 1. The molecule has 7 heavy (non-hydrogen) atoms. The van der Waals surface area contributed by atoms with Crippen LogP contribution in [0.25, 0.3) is 0 Å². The average molecular weight is 98.1 g/mol. The molecule has 1 aliphatic rings. The van der Waals surface area contributed by atoms with Crippen LogP contribution in [0.1, 0.15) is 6.42 Å². The van der Waals surface area contributed by atoms with E-state index in [-0.39, 0.29) is 12.1 Å². The fourth-order valence-corrected chi connectivity index (χ4v) is 0.680. The van der Waals surface area contributed by atoms with E-state index in [4.69, 9.17) is 10.8 Å². The van der Waals surface area contributed by atoms with Crippen LogP contribution in [0.15, 0.2) is 12.2 Å². The van der Waals surface area contributed by atoms with Crippen molar-refractivity contribution >= 4 is 0 Å². The smallest absolute Gasteiger partial charge is 0.0739 e. The number of hydrogen-bond acceptors (Lipinski definition) is 1. The summed E-state index contributed by atoms with van der Waals surface area (Å²) in [5.41, 5.74) is 7.02. The van der Waals surface area contributed by atoms with Crippen LogP contribution in [0.5, 0.6) is 0 Å². The molecule has 0 aromatic rings. The molecule has 2 N–H and O–H groups in total. The Morgan fingerprint density at radius 1 is 1.57 bits per heavy atom. The van der Waals surface area contributed by atoms with Crippen molar-refractivity contribution in [2.24, 2.45) is 0 Å². The molecule has 0 aromatic carbocycles. The molecule has 2 unspecified atom stereocenters. The molecule has 0 saturated carbocycles. The van der Waals surface area contributed by atoms with Gasteiger partial charge in [-0.3, -0.25) is 5.73 Å². The van der Waals surface area contributed by atoms with Gasteiger partial charge >= 0.3 is 0 Å². The van der Waals surface area contributed by atoms with E-state index in [1.165, 1.54) is 0 Å². The lowest BCUT2D eigenvalue weighted by molar-refractivity contribution is 0.218. The minimum Gasteiger partial charge on any atom is -0.389 e. The highest BCUT2D eigenvalue weighted by Gasteiger charge is 2.11. The Hall–Kier alpha value is -0.340. The van der Waals surface area contributed by atoms with Gasteiger partial charge in [-0.15, -0.1) is 0 Å². The molecule has 1 aliphatic carbocycles. The standard InChI is InChI=1S/C5H8NO/c6-4-1-2-5(7)3-4/h1-2,4-7H,3H2. The second kappa shape index (κ2) is 1.64. The van der Waals surface area contributed by atoms with Gasteiger partial charge in [0.05, 0.1) is 6.10 Å². The molecule has 39 valence electrons. The minimum absolute atomic E-state index is 0.157. The van der Waals surface area contributed by atoms with Crippen molar-refractivity contribution in [2.45, 2.75) is 18.6 Å². The molecule has 0 aromatic heterocycles. The normalized spacial score (nSPS) is 39.7. The van der Waals surface area contributed by atoms with Crippen LogP contribution in [-0.4, -0.2) is 17.3 Å². The van der Waals surface area contributed by atoms with Crippen molar-refractivity contribution in [2.75, 3.05) is 0 Å². The van der Waals surface area contributed by atoms with Crippen LogP contribution >= 0.6 is 0 Å². The summed E-state index contributed by atoms with van der Waals surface area (Å²) >= 11 is 0. The first-order valence-corrected chi connectivity index (χ1v) is 2.36. The van der Waals surface area contributed by atoms with Gasteiger partial charge in [0.2, 0.25) is 0 Å². The van der Waals surface area contributed by atoms with E-state index < -0.39 is 0 Å². The third kappa shape index (κ3) is 1.01. The molecule has 0 bridgehead atoms. The monoisotopic (exact) mass is 98.1 g/mol. The molecule has 0 amide bonds. The maximum Gasteiger partial charge on any atom is 0.0739 e. The first-order chi connectivity index (χ1) is 3.29. The third-order valence-electron chi connectivity index (χ3n) is 1.06. The molecular formula is C5H8NO. The summed E-state index contributed by atoms with van der Waals surface area (Å²) in [7, 11) is 0. The Kier molecular flexibility index (Phi) is 1.13. The van der Waals surface area contributed by atoms with Crippen LogP contribution in [0.2, 0.25) is 0 Å². The SMILES string of the molecule is [NH]C1C=CC(O)C1. The second-order valence-corrected chi connectivity index (χ2v) is 1.79. The van der Waals surface area contributed by atoms with Gasteiger partial charge in [-0.05, 0) is 6.42 Å². The molecule has 2 atom stereocenters. The Bertz CT molecular complexity index is 80.1. The number of rotatable bonds is 0. The quantitative estimate of drug-likeness (QED) is 0.424. The van der Waals surface area contributed by atoms with Crippen LogP contribution < -0.4 is 5.73 Å². The molecule has 0 spiro atoms. The lowest BCUT2D eigenvalue weighted by Gasteiger charge is -1.96. The highest BCUT2D eigenvalue weighted by molar-refractivity contribution is 5.04. The van der Waals surface area contributed by atoms with Crippen LogP contribution in [0, 0.1) is 0 Å². The second-order valence-electron chi connectivity index (χ2n) is 1.79. The number of hydrogen-bond donors (Lipinski definition) is 1. The predicted molar refractivity (Wildman–Crippen MR) is 26.6 cm³/mol. The zero-order chi connectivity index (χ0) is 5.28. The maximum absolute atomic E-state index is 8.69.